The van der Waals surface area contributed by atoms with Gasteiger partial charge in [-0.15, -0.1) is 5.10 Å². The summed E-state index contributed by atoms with van der Waals surface area (Å²) in [6.45, 7) is 0. The molecule has 0 atom stereocenters. The Morgan fingerprint density at radius 1 is 1.56 bits per heavy atom. The van der Waals surface area contributed by atoms with Crippen LogP contribution in [0.2, 0.25) is 0 Å². The zero-order valence-corrected chi connectivity index (χ0v) is 11.4. The third kappa shape index (κ3) is 2.24. The Kier molecular flexibility index (Phi) is 3.24. The second-order valence-electron chi connectivity index (χ2n) is 3.15. The highest BCUT2D eigenvalue weighted by atomic mass is 127. The number of anilines is 1. The first-order valence-corrected chi connectivity index (χ1v) is 6.31. The predicted octanol–water partition coefficient (Wildman–Crippen LogP) is 1.45. The molecule has 5 nitrogen and oxygen atoms in total. The molecule has 0 saturated heterocycles. The van der Waals surface area contributed by atoms with Crippen molar-refractivity contribution in [2.75, 3.05) is 5.73 Å². The molecule has 0 aliphatic heterocycles. The summed E-state index contributed by atoms with van der Waals surface area (Å²) in [6.07, 6.45) is 0. The molecule has 7 heteroatoms. The third-order valence-electron chi connectivity index (χ3n) is 2.01. The minimum atomic E-state index is -0.230. The molecule has 0 spiro atoms. The molecule has 3 N–H and O–H groups in total. The van der Waals surface area contributed by atoms with Crippen molar-refractivity contribution in [3.05, 3.63) is 32.3 Å². The Labute approximate surface area is 110 Å². The summed E-state index contributed by atoms with van der Waals surface area (Å²) >= 11 is 3.56. The van der Waals surface area contributed by atoms with Crippen LogP contribution in [0.15, 0.2) is 33.0 Å². The van der Waals surface area contributed by atoms with Gasteiger partial charge in [0.2, 0.25) is 0 Å². The fourth-order valence-corrected chi connectivity index (χ4v) is 2.47. The smallest absolute Gasteiger partial charge is 0.343 e. The van der Waals surface area contributed by atoms with E-state index in [1.165, 1.54) is 16.3 Å². The first kappa shape index (κ1) is 11.5. The molecule has 0 aliphatic carbocycles. The van der Waals surface area contributed by atoms with E-state index in [-0.39, 0.29) is 5.69 Å². The molecule has 0 radical (unpaired) electrons. The van der Waals surface area contributed by atoms with Gasteiger partial charge in [-0.3, -0.25) is 4.57 Å². The summed E-state index contributed by atoms with van der Waals surface area (Å²) in [7, 11) is 1.66. The lowest BCUT2D eigenvalue weighted by Gasteiger charge is -2.04. The number of hydrogen-bond acceptors (Lipinski definition) is 4. The van der Waals surface area contributed by atoms with Crippen LogP contribution in [0.25, 0.3) is 0 Å². The van der Waals surface area contributed by atoms with Gasteiger partial charge in [0, 0.05) is 21.2 Å². The van der Waals surface area contributed by atoms with Crippen LogP contribution in [-0.2, 0) is 7.05 Å². The highest BCUT2D eigenvalue weighted by molar-refractivity contribution is 14.1. The molecule has 0 amide bonds. The number of hydrogen-bond donors (Lipinski definition) is 2. The first-order valence-electron chi connectivity index (χ1n) is 4.42. The van der Waals surface area contributed by atoms with E-state index >= 15 is 0 Å². The molecule has 1 aromatic carbocycles. The Hall–Kier alpha value is -0.960. The summed E-state index contributed by atoms with van der Waals surface area (Å²) in [4.78, 5) is 12.1. The zero-order chi connectivity index (χ0) is 11.7. The van der Waals surface area contributed by atoms with Crippen LogP contribution in [0.1, 0.15) is 0 Å². The number of nitrogen functional groups attached to an aromatic ring is 1. The first-order chi connectivity index (χ1) is 7.58. The van der Waals surface area contributed by atoms with Crippen LogP contribution in [-0.4, -0.2) is 14.8 Å². The van der Waals surface area contributed by atoms with E-state index in [0.29, 0.717) is 10.8 Å². The molecule has 16 heavy (non-hydrogen) atoms. The van der Waals surface area contributed by atoms with Crippen molar-refractivity contribution in [2.45, 2.75) is 10.1 Å². The lowest BCUT2D eigenvalue weighted by Crippen LogP contribution is -2.12. The summed E-state index contributed by atoms with van der Waals surface area (Å²) in [5, 5.41) is 6.88. The van der Waals surface area contributed by atoms with Crippen molar-refractivity contribution in [3.63, 3.8) is 0 Å². The number of H-pyrrole nitrogens is 1. The number of nitrogens with zero attached hydrogens (tertiary/aromatic N) is 2. The highest BCUT2D eigenvalue weighted by Crippen LogP contribution is 2.30. The van der Waals surface area contributed by atoms with Gasteiger partial charge in [-0.05, 0) is 52.6 Å². The molecular formula is C9H9IN4OS. The van der Waals surface area contributed by atoms with Crippen LogP contribution >= 0.6 is 34.4 Å². The van der Waals surface area contributed by atoms with Crippen LogP contribution < -0.4 is 11.4 Å². The molecular weight excluding hydrogens is 339 g/mol. The lowest BCUT2D eigenvalue weighted by atomic mass is 10.3. The molecule has 0 unspecified atom stereocenters. The number of aromatic nitrogens is 3. The SMILES string of the molecule is Cn1c(Sc2ccc(I)cc2N)n[nH]c1=O. The molecule has 2 aromatic rings. The van der Waals surface area contributed by atoms with E-state index in [1.54, 1.807) is 7.05 Å². The van der Waals surface area contributed by atoms with Crippen molar-refractivity contribution in [3.8, 4) is 0 Å². The van der Waals surface area contributed by atoms with Gasteiger partial charge in [0.05, 0.1) is 0 Å². The number of rotatable bonds is 2. The topological polar surface area (TPSA) is 76.7 Å². The predicted molar refractivity (Wildman–Crippen MR) is 71.5 cm³/mol. The van der Waals surface area contributed by atoms with Crippen LogP contribution in [0, 0.1) is 3.57 Å². The monoisotopic (exact) mass is 348 g/mol. The van der Waals surface area contributed by atoms with Crippen LogP contribution in [0.5, 0.6) is 0 Å². The highest BCUT2D eigenvalue weighted by Gasteiger charge is 2.08. The number of nitrogens with two attached hydrogens (primary N) is 1. The quantitative estimate of drug-likeness (QED) is 0.636. The van der Waals surface area contributed by atoms with Gasteiger partial charge in [0.25, 0.3) is 0 Å². The minimum absolute atomic E-state index is 0.230. The molecule has 0 fully saturated rings. The maximum absolute atomic E-state index is 11.2. The molecule has 0 aliphatic rings. The van der Waals surface area contributed by atoms with E-state index in [0.717, 1.165) is 8.47 Å². The van der Waals surface area contributed by atoms with Gasteiger partial charge in [0.15, 0.2) is 5.16 Å². The molecule has 1 heterocycles. The average molecular weight is 348 g/mol. The van der Waals surface area contributed by atoms with E-state index in [4.69, 9.17) is 5.73 Å². The Balaban J connectivity index is 2.34. The van der Waals surface area contributed by atoms with Gasteiger partial charge in [-0.1, -0.05) is 0 Å². The van der Waals surface area contributed by atoms with Crippen molar-refractivity contribution >= 4 is 40.0 Å². The van der Waals surface area contributed by atoms with Gasteiger partial charge >= 0.3 is 5.69 Å². The second-order valence-corrected chi connectivity index (χ2v) is 5.41. The number of nitrogens with one attached hydrogen (secondary N) is 1. The molecule has 84 valence electrons. The van der Waals surface area contributed by atoms with Crippen molar-refractivity contribution in [1.82, 2.24) is 14.8 Å². The summed E-state index contributed by atoms with van der Waals surface area (Å²) in [5.41, 5.74) is 6.33. The largest absolute Gasteiger partial charge is 0.398 e. The summed E-state index contributed by atoms with van der Waals surface area (Å²) < 4.78 is 2.53. The fourth-order valence-electron chi connectivity index (χ4n) is 1.13. The second kappa shape index (κ2) is 4.50. The normalized spacial score (nSPS) is 10.6. The van der Waals surface area contributed by atoms with Crippen molar-refractivity contribution in [2.24, 2.45) is 7.05 Å². The Morgan fingerprint density at radius 3 is 2.88 bits per heavy atom. The van der Waals surface area contributed by atoms with Crippen molar-refractivity contribution < 1.29 is 0 Å². The number of aromatic amines is 1. The van der Waals surface area contributed by atoms with E-state index in [9.17, 15) is 4.79 Å². The summed E-state index contributed by atoms with van der Waals surface area (Å²) in [5.74, 6) is 0. The number of halogens is 1. The molecule has 0 bridgehead atoms. The van der Waals surface area contributed by atoms with Gasteiger partial charge in [-0.25, -0.2) is 9.89 Å². The van der Waals surface area contributed by atoms with E-state index in [2.05, 4.69) is 32.8 Å². The number of benzene rings is 1. The maximum atomic E-state index is 11.2. The van der Waals surface area contributed by atoms with Gasteiger partial charge in [0.1, 0.15) is 0 Å². The van der Waals surface area contributed by atoms with Crippen molar-refractivity contribution in [1.29, 1.82) is 0 Å². The standard InChI is InChI=1S/C9H9IN4OS/c1-14-8(15)12-13-9(14)16-7-3-2-5(10)4-6(7)11/h2-4H,11H2,1H3,(H,12,15). The Morgan fingerprint density at radius 2 is 2.31 bits per heavy atom. The van der Waals surface area contributed by atoms with E-state index < -0.39 is 0 Å². The maximum Gasteiger partial charge on any atom is 0.343 e. The minimum Gasteiger partial charge on any atom is -0.398 e. The average Bonchev–Trinajstić information content (AvgIpc) is 2.54. The lowest BCUT2D eigenvalue weighted by molar-refractivity contribution is 0.766. The molecule has 2 rings (SSSR count). The van der Waals surface area contributed by atoms with Crippen LogP contribution in [0.4, 0.5) is 5.69 Å². The van der Waals surface area contributed by atoms with Gasteiger partial charge in [-0.2, -0.15) is 0 Å². The van der Waals surface area contributed by atoms with E-state index in [1.807, 2.05) is 18.2 Å². The third-order valence-corrected chi connectivity index (χ3v) is 3.82. The fraction of sp³-hybridized carbons (Fsp3) is 0.111. The molecule has 0 saturated carbocycles. The zero-order valence-electron chi connectivity index (χ0n) is 8.40. The summed E-state index contributed by atoms with van der Waals surface area (Å²) in [6, 6.07) is 5.76. The molecule has 1 aromatic heterocycles. The Bertz CT molecular complexity index is 577. The van der Waals surface area contributed by atoms with Crippen LogP contribution in [0.3, 0.4) is 0 Å². The van der Waals surface area contributed by atoms with Gasteiger partial charge < -0.3 is 5.73 Å².